The van der Waals surface area contributed by atoms with E-state index in [0.717, 1.165) is 0 Å². The summed E-state index contributed by atoms with van der Waals surface area (Å²) in [5.41, 5.74) is 1.72. The molecule has 4 rings (SSSR count). The van der Waals surface area contributed by atoms with Crippen molar-refractivity contribution in [2.45, 2.75) is 4.90 Å². The van der Waals surface area contributed by atoms with Gasteiger partial charge >= 0.3 is 0 Å². The average Bonchev–Trinajstić information content (AvgIpc) is 3.38. The van der Waals surface area contributed by atoms with Crippen molar-refractivity contribution in [2.75, 3.05) is 5.32 Å². The molecule has 2 aromatic heterocycles. The maximum atomic E-state index is 13.0. The predicted molar refractivity (Wildman–Crippen MR) is 107 cm³/mol. The second kappa shape index (κ2) is 7.38. The van der Waals surface area contributed by atoms with E-state index in [0.29, 0.717) is 22.8 Å². The number of hydrogen-bond acceptors (Lipinski definition) is 5. The number of aromatic nitrogens is 2. The zero-order valence-electron chi connectivity index (χ0n) is 15.0. The van der Waals surface area contributed by atoms with E-state index < -0.39 is 15.9 Å². The standard InChI is InChI=1S/C20H16N4O4S/c21-29(26,27)16-9-4-6-14(12-16)22-20(25)18-13-17(19-10-5-11-28-19)23-24(18)15-7-2-1-3-8-15/h1-13H,(H,22,25)(H2,21,26,27). The van der Waals surface area contributed by atoms with Crippen LogP contribution >= 0.6 is 0 Å². The number of hydrogen-bond donors (Lipinski definition) is 2. The Morgan fingerprint density at radius 1 is 1.00 bits per heavy atom. The number of sulfonamides is 1. The smallest absolute Gasteiger partial charge is 0.274 e. The second-order valence-electron chi connectivity index (χ2n) is 6.17. The van der Waals surface area contributed by atoms with Crippen molar-refractivity contribution in [1.82, 2.24) is 9.78 Å². The molecule has 3 N–H and O–H groups in total. The summed E-state index contributed by atoms with van der Waals surface area (Å²) in [7, 11) is -3.88. The van der Waals surface area contributed by atoms with Gasteiger partial charge in [-0.15, -0.1) is 0 Å². The number of para-hydroxylation sites is 1. The van der Waals surface area contributed by atoms with Crippen LogP contribution in [0.4, 0.5) is 5.69 Å². The Hall–Kier alpha value is -3.69. The molecule has 0 fully saturated rings. The molecule has 4 aromatic rings. The van der Waals surface area contributed by atoms with Crippen LogP contribution in [0.1, 0.15) is 10.5 Å². The molecule has 9 heteroatoms. The number of nitrogens with two attached hydrogens (primary N) is 1. The molecule has 2 aromatic carbocycles. The summed E-state index contributed by atoms with van der Waals surface area (Å²) in [4.78, 5) is 12.9. The van der Waals surface area contributed by atoms with Gasteiger partial charge in [-0.2, -0.15) is 5.10 Å². The molecule has 0 atom stereocenters. The summed E-state index contributed by atoms with van der Waals surface area (Å²) in [5, 5.41) is 12.3. The molecule has 29 heavy (non-hydrogen) atoms. The fraction of sp³-hybridized carbons (Fsp3) is 0. The Morgan fingerprint density at radius 2 is 1.79 bits per heavy atom. The van der Waals surface area contributed by atoms with Crippen LogP contribution < -0.4 is 10.5 Å². The number of carbonyl (C=O) groups is 1. The first-order chi connectivity index (χ1) is 13.9. The highest BCUT2D eigenvalue weighted by Crippen LogP contribution is 2.23. The molecule has 0 bridgehead atoms. The lowest BCUT2D eigenvalue weighted by Gasteiger charge is -2.09. The topological polar surface area (TPSA) is 120 Å². The molecule has 0 aliphatic heterocycles. The van der Waals surface area contributed by atoms with Crippen LogP contribution in [-0.4, -0.2) is 24.1 Å². The van der Waals surface area contributed by atoms with Crippen LogP contribution in [0.2, 0.25) is 0 Å². The molecule has 1 amide bonds. The van der Waals surface area contributed by atoms with E-state index in [2.05, 4.69) is 10.4 Å². The van der Waals surface area contributed by atoms with Gasteiger partial charge < -0.3 is 9.73 Å². The fourth-order valence-electron chi connectivity index (χ4n) is 2.80. The van der Waals surface area contributed by atoms with Crippen molar-refractivity contribution in [1.29, 1.82) is 0 Å². The van der Waals surface area contributed by atoms with Gasteiger partial charge in [0.05, 0.1) is 16.8 Å². The van der Waals surface area contributed by atoms with E-state index in [-0.39, 0.29) is 10.6 Å². The van der Waals surface area contributed by atoms with E-state index in [1.54, 1.807) is 24.3 Å². The van der Waals surface area contributed by atoms with Crippen LogP contribution in [0.15, 0.2) is 88.4 Å². The number of furan rings is 1. The average molecular weight is 408 g/mol. The molecular formula is C20H16N4O4S. The maximum absolute atomic E-state index is 13.0. The molecular weight excluding hydrogens is 392 g/mol. The second-order valence-corrected chi connectivity index (χ2v) is 7.73. The first-order valence-corrected chi connectivity index (χ1v) is 10.1. The van der Waals surface area contributed by atoms with Gasteiger partial charge in [0.25, 0.3) is 5.91 Å². The summed E-state index contributed by atoms with van der Waals surface area (Å²) in [6.45, 7) is 0. The first kappa shape index (κ1) is 18.7. The third kappa shape index (κ3) is 3.96. The molecule has 0 unspecified atom stereocenters. The van der Waals surface area contributed by atoms with Crippen molar-refractivity contribution in [3.63, 3.8) is 0 Å². The van der Waals surface area contributed by atoms with Crippen molar-refractivity contribution in [3.05, 3.63) is 84.8 Å². The number of nitrogens with zero attached hydrogens (tertiary/aromatic N) is 2. The molecule has 0 aliphatic rings. The summed E-state index contributed by atoms with van der Waals surface area (Å²) >= 11 is 0. The zero-order valence-corrected chi connectivity index (χ0v) is 15.8. The predicted octanol–water partition coefficient (Wildman–Crippen LogP) is 3.03. The van der Waals surface area contributed by atoms with Gasteiger partial charge in [0, 0.05) is 11.8 Å². The largest absolute Gasteiger partial charge is 0.463 e. The van der Waals surface area contributed by atoms with Gasteiger partial charge in [-0.3, -0.25) is 4.79 Å². The number of primary sulfonamides is 1. The lowest BCUT2D eigenvalue weighted by Crippen LogP contribution is -2.18. The maximum Gasteiger partial charge on any atom is 0.274 e. The highest BCUT2D eigenvalue weighted by atomic mass is 32.2. The summed E-state index contributed by atoms with van der Waals surface area (Å²) < 4.78 is 30.0. The Balaban J connectivity index is 1.73. The van der Waals surface area contributed by atoms with Crippen molar-refractivity contribution in [3.8, 4) is 17.1 Å². The normalized spacial score (nSPS) is 11.3. The Labute approximate surface area is 166 Å². The summed E-state index contributed by atoms with van der Waals surface area (Å²) in [5.74, 6) is 0.0516. The van der Waals surface area contributed by atoms with Gasteiger partial charge in [0.1, 0.15) is 11.4 Å². The van der Waals surface area contributed by atoms with E-state index in [1.807, 2.05) is 30.3 Å². The number of anilines is 1. The number of nitrogens with one attached hydrogen (secondary N) is 1. The van der Waals surface area contributed by atoms with E-state index >= 15 is 0 Å². The van der Waals surface area contributed by atoms with Gasteiger partial charge in [-0.05, 0) is 42.5 Å². The van der Waals surface area contributed by atoms with Crippen LogP contribution in [0.5, 0.6) is 0 Å². The van der Waals surface area contributed by atoms with E-state index in [1.165, 1.54) is 29.1 Å². The molecule has 0 saturated carbocycles. The number of rotatable bonds is 5. The summed E-state index contributed by atoms with van der Waals surface area (Å²) in [6.07, 6.45) is 1.52. The monoisotopic (exact) mass is 408 g/mol. The lowest BCUT2D eigenvalue weighted by atomic mass is 10.2. The zero-order chi connectivity index (χ0) is 20.4. The van der Waals surface area contributed by atoms with Gasteiger partial charge in [0.15, 0.2) is 5.76 Å². The molecule has 8 nitrogen and oxygen atoms in total. The molecule has 0 aliphatic carbocycles. The van der Waals surface area contributed by atoms with Gasteiger partial charge in [-0.1, -0.05) is 24.3 Å². The molecule has 0 saturated heterocycles. The quantitative estimate of drug-likeness (QED) is 0.526. The van der Waals surface area contributed by atoms with Crippen LogP contribution in [0.25, 0.3) is 17.1 Å². The number of carbonyl (C=O) groups excluding carboxylic acids is 1. The molecule has 0 spiro atoms. The van der Waals surface area contributed by atoms with Crippen LogP contribution in [0.3, 0.4) is 0 Å². The lowest BCUT2D eigenvalue weighted by molar-refractivity contribution is 0.101. The highest BCUT2D eigenvalue weighted by Gasteiger charge is 2.19. The third-order valence-electron chi connectivity index (χ3n) is 4.14. The molecule has 146 valence electrons. The SMILES string of the molecule is NS(=O)(=O)c1cccc(NC(=O)c2cc(-c3ccco3)nn2-c2ccccc2)c1. The summed E-state index contributed by atoms with van der Waals surface area (Å²) in [6, 6.07) is 20.0. The first-order valence-electron chi connectivity index (χ1n) is 8.55. The third-order valence-corrected chi connectivity index (χ3v) is 5.05. The van der Waals surface area contributed by atoms with Crippen LogP contribution in [-0.2, 0) is 10.0 Å². The molecule has 2 heterocycles. The van der Waals surface area contributed by atoms with Crippen LogP contribution in [0, 0.1) is 0 Å². The van der Waals surface area contributed by atoms with Crippen molar-refractivity contribution >= 4 is 21.6 Å². The number of benzene rings is 2. The number of amides is 1. The highest BCUT2D eigenvalue weighted by molar-refractivity contribution is 7.89. The Kier molecular flexibility index (Phi) is 4.75. The van der Waals surface area contributed by atoms with Gasteiger partial charge in [-0.25, -0.2) is 18.2 Å². The Bertz CT molecular complexity index is 1260. The van der Waals surface area contributed by atoms with Crippen molar-refractivity contribution in [2.24, 2.45) is 5.14 Å². The Morgan fingerprint density at radius 3 is 2.48 bits per heavy atom. The van der Waals surface area contributed by atoms with Gasteiger partial charge in [0.2, 0.25) is 10.0 Å². The minimum atomic E-state index is -3.88. The minimum Gasteiger partial charge on any atom is -0.463 e. The van der Waals surface area contributed by atoms with E-state index in [4.69, 9.17) is 9.56 Å². The van der Waals surface area contributed by atoms with E-state index in [9.17, 15) is 13.2 Å². The van der Waals surface area contributed by atoms with Crippen molar-refractivity contribution < 1.29 is 17.6 Å². The molecule has 0 radical (unpaired) electrons. The fourth-order valence-corrected chi connectivity index (χ4v) is 3.36. The minimum absolute atomic E-state index is 0.0943.